The number of rotatable bonds is 7. The van der Waals surface area contributed by atoms with Crippen LogP contribution in [0.3, 0.4) is 0 Å². The molecule has 0 bridgehead atoms. The van der Waals surface area contributed by atoms with E-state index in [0.29, 0.717) is 19.6 Å². The van der Waals surface area contributed by atoms with E-state index in [-0.39, 0.29) is 31.5 Å². The molecule has 1 aliphatic rings. The summed E-state index contributed by atoms with van der Waals surface area (Å²) in [6, 6.07) is -0.273. The Balaban J connectivity index is 2.18. The number of nitrogens with zero attached hydrogens (tertiary/aromatic N) is 1. The van der Waals surface area contributed by atoms with Gasteiger partial charge in [-0.1, -0.05) is 0 Å². The third-order valence-corrected chi connectivity index (χ3v) is 2.88. The molecule has 1 fully saturated rings. The minimum Gasteiger partial charge on any atom is -0.480 e. The van der Waals surface area contributed by atoms with Crippen molar-refractivity contribution in [3.63, 3.8) is 0 Å². The lowest BCUT2D eigenvalue weighted by atomic mass is 9.97. The maximum Gasteiger partial charge on any atom is 0.329 e. The van der Waals surface area contributed by atoms with Gasteiger partial charge in [0.2, 0.25) is 5.91 Å². The molecular formula is C12H21N3O5. The Labute approximate surface area is 117 Å². The summed E-state index contributed by atoms with van der Waals surface area (Å²) < 4.78 is 5.20. The Hall–Kier alpha value is -1.83. The minimum atomic E-state index is -1.03. The maximum absolute atomic E-state index is 11.7. The van der Waals surface area contributed by atoms with Gasteiger partial charge in [0.15, 0.2) is 0 Å². The molecule has 0 unspecified atom stereocenters. The van der Waals surface area contributed by atoms with Crippen LogP contribution in [0, 0.1) is 0 Å². The molecule has 3 amide bonds. The first kappa shape index (κ1) is 16.2. The Morgan fingerprint density at radius 1 is 1.30 bits per heavy atom. The van der Waals surface area contributed by atoms with Crippen molar-refractivity contribution in [2.75, 3.05) is 32.8 Å². The summed E-state index contributed by atoms with van der Waals surface area (Å²) in [6.45, 7) is 4.73. The van der Waals surface area contributed by atoms with E-state index in [9.17, 15) is 14.4 Å². The number of ether oxygens (including phenoxy) is 1. The quantitative estimate of drug-likeness (QED) is 0.579. The molecule has 0 aromatic carbocycles. The topological polar surface area (TPSA) is 108 Å². The van der Waals surface area contributed by atoms with Gasteiger partial charge in [-0.15, -0.1) is 0 Å². The van der Waals surface area contributed by atoms with Crippen LogP contribution in [0.5, 0.6) is 0 Å². The Bertz CT molecular complexity index is 379. The van der Waals surface area contributed by atoms with Crippen LogP contribution >= 0.6 is 0 Å². The van der Waals surface area contributed by atoms with Gasteiger partial charge in [0.1, 0.15) is 12.2 Å². The van der Waals surface area contributed by atoms with Crippen molar-refractivity contribution in [3.8, 4) is 0 Å². The number of aliphatic carboxylic acids is 1. The SMILES string of the molecule is CCNC(=O)CCNC(=O)N1CC(C)(OCC(=O)O)C1. The largest absolute Gasteiger partial charge is 0.480 e. The molecule has 0 saturated carbocycles. The lowest BCUT2D eigenvalue weighted by Gasteiger charge is -2.46. The van der Waals surface area contributed by atoms with Gasteiger partial charge in [0, 0.05) is 19.5 Å². The second-order valence-corrected chi connectivity index (χ2v) is 4.92. The van der Waals surface area contributed by atoms with Crippen molar-refractivity contribution in [3.05, 3.63) is 0 Å². The maximum atomic E-state index is 11.7. The molecule has 0 aromatic rings. The van der Waals surface area contributed by atoms with Crippen LogP contribution in [0.1, 0.15) is 20.3 Å². The highest BCUT2D eigenvalue weighted by molar-refractivity contribution is 5.78. The molecule has 20 heavy (non-hydrogen) atoms. The Morgan fingerprint density at radius 3 is 2.50 bits per heavy atom. The molecule has 0 aliphatic carbocycles. The molecule has 0 atom stereocenters. The van der Waals surface area contributed by atoms with Gasteiger partial charge in [-0.25, -0.2) is 9.59 Å². The zero-order valence-electron chi connectivity index (χ0n) is 11.8. The predicted molar refractivity (Wildman–Crippen MR) is 70.3 cm³/mol. The standard InChI is InChI=1S/C12H21N3O5/c1-3-13-9(16)4-5-14-11(19)15-7-12(2,8-15)20-6-10(17)18/h3-8H2,1-2H3,(H,13,16)(H,14,19)(H,17,18). The van der Waals surface area contributed by atoms with Crippen LogP contribution in [0.25, 0.3) is 0 Å². The number of nitrogens with one attached hydrogen (secondary N) is 2. The van der Waals surface area contributed by atoms with E-state index in [1.807, 2.05) is 6.92 Å². The van der Waals surface area contributed by atoms with Gasteiger partial charge in [-0.3, -0.25) is 4.79 Å². The van der Waals surface area contributed by atoms with Crippen molar-refractivity contribution in [1.82, 2.24) is 15.5 Å². The Kier molecular flexibility index (Phi) is 5.75. The number of carbonyl (C=O) groups excluding carboxylic acids is 2. The van der Waals surface area contributed by atoms with E-state index in [0.717, 1.165) is 0 Å². The molecule has 114 valence electrons. The van der Waals surface area contributed by atoms with Crippen molar-refractivity contribution in [2.24, 2.45) is 0 Å². The highest BCUT2D eigenvalue weighted by Gasteiger charge is 2.42. The van der Waals surface area contributed by atoms with Gasteiger partial charge >= 0.3 is 12.0 Å². The number of hydrogen-bond donors (Lipinski definition) is 3. The summed E-state index contributed by atoms with van der Waals surface area (Å²) in [7, 11) is 0. The average molecular weight is 287 g/mol. The first-order valence-corrected chi connectivity index (χ1v) is 6.51. The number of urea groups is 1. The number of carbonyl (C=O) groups is 3. The van der Waals surface area contributed by atoms with Gasteiger partial charge in [0.05, 0.1) is 13.1 Å². The van der Waals surface area contributed by atoms with E-state index < -0.39 is 11.6 Å². The van der Waals surface area contributed by atoms with Crippen molar-refractivity contribution >= 4 is 17.9 Å². The summed E-state index contributed by atoms with van der Waals surface area (Å²) in [5.74, 6) is -1.14. The fraction of sp³-hybridized carbons (Fsp3) is 0.750. The number of amides is 3. The van der Waals surface area contributed by atoms with Crippen LogP contribution in [-0.2, 0) is 14.3 Å². The van der Waals surface area contributed by atoms with E-state index in [1.54, 1.807) is 6.92 Å². The third-order valence-electron chi connectivity index (χ3n) is 2.88. The van der Waals surface area contributed by atoms with Gasteiger partial charge in [-0.05, 0) is 13.8 Å². The van der Waals surface area contributed by atoms with Gasteiger partial charge in [-0.2, -0.15) is 0 Å². The van der Waals surface area contributed by atoms with Crippen LogP contribution < -0.4 is 10.6 Å². The summed E-state index contributed by atoms with van der Waals surface area (Å²) in [5.41, 5.74) is -0.602. The fourth-order valence-corrected chi connectivity index (χ4v) is 1.91. The van der Waals surface area contributed by atoms with Crippen molar-refractivity contribution in [2.45, 2.75) is 25.9 Å². The molecule has 3 N–H and O–H groups in total. The Morgan fingerprint density at radius 2 is 1.95 bits per heavy atom. The normalized spacial score (nSPS) is 16.2. The summed E-state index contributed by atoms with van der Waals surface area (Å²) in [5, 5.41) is 13.8. The van der Waals surface area contributed by atoms with Crippen LogP contribution in [-0.4, -0.2) is 66.3 Å². The highest BCUT2D eigenvalue weighted by atomic mass is 16.5. The van der Waals surface area contributed by atoms with E-state index in [1.165, 1.54) is 4.90 Å². The molecule has 8 heteroatoms. The van der Waals surface area contributed by atoms with E-state index in [2.05, 4.69) is 10.6 Å². The van der Waals surface area contributed by atoms with Crippen LogP contribution in [0.2, 0.25) is 0 Å². The summed E-state index contributed by atoms with van der Waals surface area (Å²) >= 11 is 0. The molecule has 1 aliphatic heterocycles. The zero-order chi connectivity index (χ0) is 15.2. The highest BCUT2D eigenvalue weighted by Crippen LogP contribution is 2.24. The van der Waals surface area contributed by atoms with Crippen molar-refractivity contribution in [1.29, 1.82) is 0 Å². The monoisotopic (exact) mass is 287 g/mol. The van der Waals surface area contributed by atoms with Crippen LogP contribution in [0.15, 0.2) is 0 Å². The van der Waals surface area contributed by atoms with Gasteiger partial charge in [0.25, 0.3) is 0 Å². The molecule has 0 aromatic heterocycles. The first-order chi connectivity index (χ1) is 9.36. The smallest absolute Gasteiger partial charge is 0.329 e. The minimum absolute atomic E-state index is 0.106. The van der Waals surface area contributed by atoms with E-state index >= 15 is 0 Å². The third kappa shape index (κ3) is 5.04. The number of likely N-dealkylation sites (tertiary alicyclic amines) is 1. The van der Waals surface area contributed by atoms with Crippen LogP contribution in [0.4, 0.5) is 4.79 Å². The van der Waals surface area contributed by atoms with Crippen molar-refractivity contribution < 1.29 is 24.2 Å². The average Bonchev–Trinajstić information content (AvgIpc) is 2.33. The summed E-state index contributed by atoms with van der Waals surface area (Å²) in [6.07, 6.45) is 0.236. The number of carboxylic acid groups (broad SMARTS) is 1. The molecular weight excluding hydrogens is 266 g/mol. The second kappa shape index (κ2) is 7.09. The zero-order valence-corrected chi connectivity index (χ0v) is 11.8. The molecule has 8 nitrogen and oxygen atoms in total. The lowest BCUT2D eigenvalue weighted by molar-refractivity contribution is -0.159. The first-order valence-electron chi connectivity index (χ1n) is 6.51. The molecule has 1 rings (SSSR count). The predicted octanol–water partition coefficient (Wildman–Crippen LogP) is -0.602. The molecule has 1 heterocycles. The number of hydrogen-bond acceptors (Lipinski definition) is 4. The molecule has 0 spiro atoms. The summed E-state index contributed by atoms with van der Waals surface area (Å²) in [4.78, 5) is 34.8. The molecule has 1 saturated heterocycles. The second-order valence-electron chi connectivity index (χ2n) is 4.92. The van der Waals surface area contributed by atoms with E-state index in [4.69, 9.17) is 9.84 Å². The van der Waals surface area contributed by atoms with Gasteiger partial charge < -0.3 is 25.4 Å². The lowest BCUT2D eigenvalue weighted by Crippen LogP contribution is -2.65. The molecule has 0 radical (unpaired) electrons. The number of carboxylic acids is 1. The fourth-order valence-electron chi connectivity index (χ4n) is 1.91.